The Balaban J connectivity index is 2.22. The number of aliphatic hydroxyl groups excluding tert-OH is 1. The summed E-state index contributed by atoms with van der Waals surface area (Å²) in [5.41, 5.74) is 1.21. The zero-order valence-electron chi connectivity index (χ0n) is 9.64. The van der Waals surface area contributed by atoms with Gasteiger partial charge in [-0.2, -0.15) is 0 Å². The SMILES string of the molecule is CC(O)c1ncc2n1CCN(C(C)C)C2. The van der Waals surface area contributed by atoms with Crippen LogP contribution < -0.4 is 0 Å². The van der Waals surface area contributed by atoms with E-state index in [-0.39, 0.29) is 0 Å². The van der Waals surface area contributed by atoms with Gasteiger partial charge in [-0.15, -0.1) is 0 Å². The summed E-state index contributed by atoms with van der Waals surface area (Å²) in [6.45, 7) is 9.11. The maximum Gasteiger partial charge on any atom is 0.137 e. The van der Waals surface area contributed by atoms with Crippen molar-refractivity contribution in [2.75, 3.05) is 6.54 Å². The van der Waals surface area contributed by atoms with E-state index >= 15 is 0 Å². The van der Waals surface area contributed by atoms with Crippen LogP contribution in [0.25, 0.3) is 0 Å². The number of rotatable bonds is 2. The normalized spacial score (nSPS) is 19.3. The van der Waals surface area contributed by atoms with Crippen LogP contribution in [0.2, 0.25) is 0 Å². The first-order valence-electron chi connectivity index (χ1n) is 5.56. The van der Waals surface area contributed by atoms with Gasteiger partial charge in [0.25, 0.3) is 0 Å². The van der Waals surface area contributed by atoms with Crippen molar-refractivity contribution in [2.24, 2.45) is 0 Å². The minimum atomic E-state index is -0.468. The molecular formula is C11H19N3O. The van der Waals surface area contributed by atoms with Gasteiger partial charge in [0, 0.05) is 31.9 Å². The van der Waals surface area contributed by atoms with Gasteiger partial charge in [-0.1, -0.05) is 0 Å². The van der Waals surface area contributed by atoms with Gasteiger partial charge >= 0.3 is 0 Å². The average Bonchev–Trinajstić information content (AvgIpc) is 2.59. The Morgan fingerprint density at radius 2 is 2.07 bits per heavy atom. The lowest BCUT2D eigenvalue weighted by Gasteiger charge is -2.32. The first-order chi connectivity index (χ1) is 7.09. The Kier molecular flexibility index (Phi) is 2.80. The number of imidazole rings is 1. The van der Waals surface area contributed by atoms with E-state index in [1.54, 1.807) is 6.92 Å². The summed E-state index contributed by atoms with van der Waals surface area (Å²) < 4.78 is 2.14. The van der Waals surface area contributed by atoms with Crippen LogP contribution in [0.4, 0.5) is 0 Å². The summed E-state index contributed by atoms with van der Waals surface area (Å²) in [6.07, 6.45) is 1.42. The molecule has 1 unspecified atom stereocenters. The third-order valence-corrected chi connectivity index (χ3v) is 3.05. The van der Waals surface area contributed by atoms with Crippen LogP contribution >= 0.6 is 0 Å². The van der Waals surface area contributed by atoms with E-state index < -0.39 is 6.10 Å². The molecule has 0 bridgehead atoms. The van der Waals surface area contributed by atoms with Gasteiger partial charge in [0.1, 0.15) is 11.9 Å². The summed E-state index contributed by atoms with van der Waals surface area (Å²) in [5, 5.41) is 9.55. The zero-order chi connectivity index (χ0) is 11.0. The summed E-state index contributed by atoms with van der Waals surface area (Å²) >= 11 is 0. The molecule has 1 aliphatic heterocycles. The highest BCUT2D eigenvalue weighted by Crippen LogP contribution is 2.20. The van der Waals surface area contributed by atoms with Crippen molar-refractivity contribution in [3.8, 4) is 0 Å². The lowest BCUT2D eigenvalue weighted by molar-refractivity contribution is 0.155. The lowest BCUT2D eigenvalue weighted by atomic mass is 10.2. The molecule has 1 aromatic heterocycles. The van der Waals surface area contributed by atoms with E-state index in [2.05, 4.69) is 28.3 Å². The molecule has 1 aliphatic rings. The molecule has 15 heavy (non-hydrogen) atoms. The fourth-order valence-electron chi connectivity index (χ4n) is 2.10. The summed E-state index contributed by atoms with van der Waals surface area (Å²) in [7, 11) is 0. The molecule has 0 spiro atoms. The number of hydrogen-bond donors (Lipinski definition) is 1. The molecule has 2 heterocycles. The Hall–Kier alpha value is -0.870. The van der Waals surface area contributed by atoms with Gasteiger partial charge in [0.05, 0.1) is 5.69 Å². The molecule has 0 aromatic carbocycles. The zero-order valence-corrected chi connectivity index (χ0v) is 9.64. The van der Waals surface area contributed by atoms with Crippen LogP contribution in [0.3, 0.4) is 0 Å². The molecule has 0 fully saturated rings. The van der Waals surface area contributed by atoms with Crippen LogP contribution in [0.1, 0.15) is 38.4 Å². The molecule has 1 aromatic rings. The largest absolute Gasteiger partial charge is 0.385 e. The molecule has 4 nitrogen and oxygen atoms in total. The number of nitrogens with zero attached hydrogens (tertiary/aromatic N) is 3. The van der Waals surface area contributed by atoms with Crippen molar-refractivity contribution in [1.29, 1.82) is 0 Å². The fraction of sp³-hybridized carbons (Fsp3) is 0.727. The third kappa shape index (κ3) is 1.92. The Bertz CT molecular complexity index is 344. The van der Waals surface area contributed by atoms with Crippen molar-refractivity contribution in [2.45, 2.75) is 46.0 Å². The minimum Gasteiger partial charge on any atom is -0.385 e. The Labute approximate surface area is 90.5 Å². The topological polar surface area (TPSA) is 41.3 Å². The predicted molar refractivity (Wildman–Crippen MR) is 58.4 cm³/mol. The van der Waals surface area contributed by atoms with E-state index in [1.807, 2.05) is 6.20 Å². The Morgan fingerprint density at radius 1 is 1.33 bits per heavy atom. The van der Waals surface area contributed by atoms with Gasteiger partial charge in [0.15, 0.2) is 0 Å². The molecule has 0 radical (unpaired) electrons. The fourth-order valence-corrected chi connectivity index (χ4v) is 2.10. The summed E-state index contributed by atoms with van der Waals surface area (Å²) in [4.78, 5) is 6.70. The number of hydrogen-bond acceptors (Lipinski definition) is 3. The number of fused-ring (bicyclic) bond motifs is 1. The first kappa shape index (κ1) is 10.6. The molecule has 0 amide bonds. The van der Waals surface area contributed by atoms with Gasteiger partial charge < -0.3 is 9.67 Å². The van der Waals surface area contributed by atoms with Crippen molar-refractivity contribution in [1.82, 2.24) is 14.5 Å². The Morgan fingerprint density at radius 3 is 2.67 bits per heavy atom. The molecule has 1 atom stereocenters. The van der Waals surface area contributed by atoms with E-state index in [9.17, 15) is 5.11 Å². The second-order valence-corrected chi connectivity index (χ2v) is 4.50. The standard InChI is InChI=1S/C11H19N3O/c1-8(2)13-4-5-14-10(7-13)6-12-11(14)9(3)15/h6,8-9,15H,4-5,7H2,1-3H3. The summed E-state index contributed by atoms with van der Waals surface area (Å²) in [5.74, 6) is 0.799. The van der Waals surface area contributed by atoms with Gasteiger partial charge in [-0.05, 0) is 20.8 Å². The predicted octanol–water partition coefficient (Wildman–Crippen LogP) is 1.16. The minimum absolute atomic E-state index is 0.468. The highest BCUT2D eigenvalue weighted by molar-refractivity contribution is 5.09. The molecule has 84 valence electrons. The smallest absolute Gasteiger partial charge is 0.137 e. The van der Waals surface area contributed by atoms with E-state index in [4.69, 9.17) is 0 Å². The van der Waals surface area contributed by atoms with Gasteiger partial charge in [-0.3, -0.25) is 4.90 Å². The lowest BCUT2D eigenvalue weighted by Crippen LogP contribution is -2.38. The first-order valence-corrected chi connectivity index (χ1v) is 5.56. The van der Waals surface area contributed by atoms with Crippen LogP contribution in [0, 0.1) is 0 Å². The van der Waals surface area contributed by atoms with Gasteiger partial charge in [-0.25, -0.2) is 4.98 Å². The molecule has 0 saturated heterocycles. The molecule has 0 aliphatic carbocycles. The second kappa shape index (κ2) is 3.94. The number of aliphatic hydroxyl groups is 1. The monoisotopic (exact) mass is 209 g/mol. The highest BCUT2D eigenvalue weighted by Gasteiger charge is 2.22. The third-order valence-electron chi connectivity index (χ3n) is 3.05. The maximum atomic E-state index is 9.55. The van der Waals surface area contributed by atoms with Crippen LogP contribution in [-0.2, 0) is 13.1 Å². The summed E-state index contributed by atoms with van der Waals surface area (Å²) in [6, 6.07) is 0.573. The van der Waals surface area contributed by atoms with Crippen molar-refractivity contribution < 1.29 is 5.11 Å². The van der Waals surface area contributed by atoms with Crippen LogP contribution in [0.5, 0.6) is 0 Å². The van der Waals surface area contributed by atoms with E-state index in [0.717, 1.165) is 25.5 Å². The van der Waals surface area contributed by atoms with Crippen molar-refractivity contribution >= 4 is 0 Å². The molecule has 1 N–H and O–H groups in total. The molecule has 0 saturated carbocycles. The highest BCUT2D eigenvalue weighted by atomic mass is 16.3. The van der Waals surface area contributed by atoms with Gasteiger partial charge in [0.2, 0.25) is 0 Å². The molecular weight excluding hydrogens is 190 g/mol. The van der Waals surface area contributed by atoms with E-state index in [1.165, 1.54) is 5.69 Å². The van der Waals surface area contributed by atoms with Crippen molar-refractivity contribution in [3.63, 3.8) is 0 Å². The maximum absolute atomic E-state index is 9.55. The second-order valence-electron chi connectivity index (χ2n) is 4.50. The molecule has 2 rings (SSSR count). The average molecular weight is 209 g/mol. The molecule has 4 heteroatoms. The number of aromatic nitrogens is 2. The van der Waals surface area contributed by atoms with Crippen LogP contribution in [0.15, 0.2) is 6.20 Å². The quantitative estimate of drug-likeness (QED) is 0.794. The van der Waals surface area contributed by atoms with Crippen LogP contribution in [-0.4, -0.2) is 32.1 Å². The van der Waals surface area contributed by atoms with Crippen molar-refractivity contribution in [3.05, 3.63) is 17.7 Å². The van der Waals surface area contributed by atoms with E-state index in [0.29, 0.717) is 6.04 Å².